The number of rotatable bonds is 2. The van der Waals surface area contributed by atoms with E-state index in [-0.39, 0.29) is 0 Å². The highest BCUT2D eigenvalue weighted by Gasteiger charge is 2.26. The van der Waals surface area contributed by atoms with Crippen LogP contribution in [0.2, 0.25) is 0 Å². The molecule has 2 nitrogen and oxygen atoms in total. The van der Waals surface area contributed by atoms with Crippen molar-refractivity contribution in [2.75, 3.05) is 5.32 Å². The lowest BCUT2D eigenvalue weighted by Crippen LogP contribution is -2.18. The number of aromatic nitrogens is 1. The number of benzene rings is 1. The molecule has 20 heavy (non-hydrogen) atoms. The second-order valence-electron chi connectivity index (χ2n) is 5.06. The van der Waals surface area contributed by atoms with Crippen LogP contribution in [-0.2, 0) is 0 Å². The molecule has 0 amide bonds. The zero-order chi connectivity index (χ0) is 13.5. The Kier molecular flexibility index (Phi) is 3.21. The van der Waals surface area contributed by atoms with Crippen LogP contribution in [0.15, 0.2) is 39.4 Å². The molecule has 0 spiro atoms. The highest BCUT2D eigenvalue weighted by atomic mass is 32.2. The van der Waals surface area contributed by atoms with Crippen LogP contribution in [0, 0.1) is 0 Å². The summed E-state index contributed by atoms with van der Waals surface area (Å²) >= 11 is 5.57. The van der Waals surface area contributed by atoms with Crippen molar-refractivity contribution < 1.29 is 0 Å². The highest BCUT2D eigenvalue weighted by molar-refractivity contribution is 8.01. The molecule has 1 aliphatic rings. The van der Waals surface area contributed by atoms with Gasteiger partial charge in [0.1, 0.15) is 0 Å². The number of nitrogens with one attached hydrogen (secondary N) is 1. The van der Waals surface area contributed by atoms with Gasteiger partial charge in [0.15, 0.2) is 0 Å². The number of hydrogen-bond donors (Lipinski definition) is 1. The molecule has 1 aromatic carbocycles. The Labute approximate surface area is 130 Å². The molecule has 5 heteroatoms. The number of nitrogens with zero attached hydrogens (tertiary/aromatic N) is 1. The van der Waals surface area contributed by atoms with Crippen LogP contribution < -0.4 is 5.32 Å². The first kappa shape index (κ1) is 12.7. The quantitative estimate of drug-likeness (QED) is 0.685. The molecule has 4 rings (SSSR count). The number of fused-ring (bicyclic) bond motifs is 2. The molecule has 0 saturated heterocycles. The monoisotopic (exact) mass is 318 g/mol. The van der Waals surface area contributed by atoms with Crippen molar-refractivity contribution in [1.29, 1.82) is 0 Å². The molecular formula is C15H14N2S3. The average Bonchev–Trinajstić information content (AvgIpc) is 3.05. The summed E-state index contributed by atoms with van der Waals surface area (Å²) in [5.41, 5.74) is 5.65. The Morgan fingerprint density at radius 3 is 3.15 bits per heavy atom. The largest absolute Gasteiger partial charge is 0.378 e. The fourth-order valence-electron chi connectivity index (χ4n) is 2.63. The third kappa shape index (κ3) is 2.24. The van der Waals surface area contributed by atoms with E-state index >= 15 is 0 Å². The summed E-state index contributed by atoms with van der Waals surface area (Å²) in [6, 6.07) is 9.15. The molecule has 102 valence electrons. The number of thioether (sulfide) groups is 1. The summed E-state index contributed by atoms with van der Waals surface area (Å²) in [5.74, 6) is 0. The smallest absolute Gasteiger partial charge is 0.0813 e. The molecule has 2 aromatic heterocycles. The van der Waals surface area contributed by atoms with E-state index in [0.717, 1.165) is 5.52 Å². The highest BCUT2D eigenvalue weighted by Crippen LogP contribution is 2.45. The predicted octanol–water partition coefficient (Wildman–Crippen LogP) is 5.40. The lowest BCUT2D eigenvalue weighted by atomic mass is 10.0. The van der Waals surface area contributed by atoms with Crippen LogP contribution >= 0.6 is 34.4 Å². The van der Waals surface area contributed by atoms with E-state index in [0.29, 0.717) is 11.3 Å². The van der Waals surface area contributed by atoms with E-state index < -0.39 is 0 Å². The van der Waals surface area contributed by atoms with E-state index in [1.807, 2.05) is 28.6 Å². The summed E-state index contributed by atoms with van der Waals surface area (Å²) in [6.07, 6.45) is 1.18. The SMILES string of the molecule is C[C@H]1CC(Nc2ccc3ncsc3c2)c2ccsc2S1. The van der Waals surface area contributed by atoms with Gasteiger partial charge in [-0.25, -0.2) is 4.98 Å². The molecule has 1 N–H and O–H groups in total. The second-order valence-corrected chi connectivity index (χ2v) is 8.57. The van der Waals surface area contributed by atoms with E-state index in [1.165, 1.54) is 26.6 Å². The van der Waals surface area contributed by atoms with Gasteiger partial charge in [-0.15, -0.1) is 34.4 Å². The number of anilines is 1. The van der Waals surface area contributed by atoms with Crippen molar-refractivity contribution in [3.05, 3.63) is 40.7 Å². The second kappa shape index (κ2) is 5.06. The van der Waals surface area contributed by atoms with Crippen LogP contribution in [0.4, 0.5) is 5.69 Å². The summed E-state index contributed by atoms with van der Waals surface area (Å²) in [6.45, 7) is 2.31. The topological polar surface area (TPSA) is 24.9 Å². The zero-order valence-electron chi connectivity index (χ0n) is 11.0. The first-order valence-corrected chi connectivity index (χ1v) is 9.27. The molecule has 0 aliphatic carbocycles. The number of thiophene rings is 1. The summed E-state index contributed by atoms with van der Waals surface area (Å²) in [7, 11) is 0. The minimum atomic E-state index is 0.429. The molecule has 0 fully saturated rings. The number of thiazole rings is 1. The van der Waals surface area contributed by atoms with Gasteiger partial charge in [-0.3, -0.25) is 0 Å². The van der Waals surface area contributed by atoms with Crippen molar-refractivity contribution >= 4 is 50.3 Å². The van der Waals surface area contributed by atoms with Gasteiger partial charge in [0.25, 0.3) is 0 Å². The molecule has 3 heterocycles. The van der Waals surface area contributed by atoms with Crippen molar-refractivity contribution in [2.45, 2.75) is 28.8 Å². The summed E-state index contributed by atoms with van der Waals surface area (Å²) in [4.78, 5) is 4.34. The van der Waals surface area contributed by atoms with E-state index in [1.54, 1.807) is 11.3 Å². The molecule has 0 bridgehead atoms. The van der Waals surface area contributed by atoms with Crippen LogP contribution in [0.3, 0.4) is 0 Å². The molecule has 2 atom stereocenters. The standard InChI is InChI=1S/C15H14N2S3/c1-9-6-13(11-4-5-18-15(11)20-9)17-10-2-3-12-14(7-10)19-8-16-12/h2-5,7-9,13,17H,6H2,1H3/t9-,13?/m0/s1. The van der Waals surface area contributed by atoms with Gasteiger partial charge < -0.3 is 5.32 Å². The first-order valence-electron chi connectivity index (χ1n) is 6.63. The molecule has 1 unspecified atom stereocenters. The maximum atomic E-state index is 4.34. The van der Waals surface area contributed by atoms with Crippen LogP contribution in [0.1, 0.15) is 24.9 Å². The maximum Gasteiger partial charge on any atom is 0.0813 e. The third-order valence-corrected chi connectivity index (χ3v) is 6.72. The lowest BCUT2D eigenvalue weighted by Gasteiger charge is -2.28. The summed E-state index contributed by atoms with van der Waals surface area (Å²) < 4.78 is 2.72. The molecule has 1 aliphatic heterocycles. The zero-order valence-corrected chi connectivity index (χ0v) is 13.4. The summed E-state index contributed by atoms with van der Waals surface area (Å²) in [5, 5.41) is 6.58. The Morgan fingerprint density at radius 1 is 1.25 bits per heavy atom. The van der Waals surface area contributed by atoms with E-state index in [4.69, 9.17) is 0 Å². The van der Waals surface area contributed by atoms with Gasteiger partial charge in [-0.1, -0.05) is 6.92 Å². The Hall–Kier alpha value is -1.04. The van der Waals surface area contributed by atoms with Gasteiger partial charge >= 0.3 is 0 Å². The molecule has 0 saturated carbocycles. The Bertz CT molecular complexity index is 746. The predicted molar refractivity (Wildman–Crippen MR) is 90.2 cm³/mol. The fourth-order valence-corrected chi connectivity index (χ4v) is 5.92. The Morgan fingerprint density at radius 2 is 2.20 bits per heavy atom. The fraction of sp³-hybridized carbons (Fsp3) is 0.267. The normalized spacial score (nSPS) is 21.9. The number of hydrogen-bond acceptors (Lipinski definition) is 5. The average molecular weight is 318 g/mol. The van der Waals surface area contributed by atoms with Gasteiger partial charge in [0.2, 0.25) is 0 Å². The third-order valence-electron chi connectivity index (χ3n) is 3.58. The maximum absolute atomic E-state index is 4.34. The Balaban J connectivity index is 1.65. The van der Waals surface area contributed by atoms with Gasteiger partial charge in [-0.05, 0) is 41.6 Å². The van der Waals surface area contributed by atoms with Crippen molar-refractivity contribution in [2.24, 2.45) is 0 Å². The van der Waals surface area contributed by atoms with Crippen molar-refractivity contribution in [3.63, 3.8) is 0 Å². The van der Waals surface area contributed by atoms with Crippen LogP contribution in [0.5, 0.6) is 0 Å². The van der Waals surface area contributed by atoms with Gasteiger partial charge in [-0.2, -0.15) is 0 Å². The van der Waals surface area contributed by atoms with Crippen LogP contribution in [0.25, 0.3) is 10.2 Å². The molecule has 0 radical (unpaired) electrons. The molecule has 3 aromatic rings. The van der Waals surface area contributed by atoms with Crippen molar-refractivity contribution in [1.82, 2.24) is 4.98 Å². The molecular weight excluding hydrogens is 304 g/mol. The van der Waals surface area contributed by atoms with E-state index in [2.05, 4.69) is 46.9 Å². The lowest BCUT2D eigenvalue weighted by molar-refractivity contribution is 0.670. The van der Waals surface area contributed by atoms with Crippen LogP contribution in [-0.4, -0.2) is 10.2 Å². The van der Waals surface area contributed by atoms with Crippen molar-refractivity contribution in [3.8, 4) is 0 Å². The van der Waals surface area contributed by atoms with Gasteiger partial charge in [0.05, 0.1) is 26.0 Å². The minimum Gasteiger partial charge on any atom is -0.378 e. The first-order chi connectivity index (χ1) is 9.79. The minimum absolute atomic E-state index is 0.429. The van der Waals surface area contributed by atoms with E-state index in [9.17, 15) is 0 Å². The van der Waals surface area contributed by atoms with Gasteiger partial charge in [0, 0.05) is 10.9 Å².